The van der Waals surface area contributed by atoms with E-state index in [0.29, 0.717) is 38.2 Å². The van der Waals surface area contributed by atoms with Gasteiger partial charge in [0.15, 0.2) is 6.04 Å². The molecule has 25 heavy (non-hydrogen) atoms. The maximum absolute atomic E-state index is 12.8. The number of carbonyl (C=O) groups is 3. The predicted molar refractivity (Wildman–Crippen MR) is 95.1 cm³/mol. The second-order valence-corrected chi connectivity index (χ2v) is 7.40. The fourth-order valence-corrected chi connectivity index (χ4v) is 4.06. The number of halogens is 1. The van der Waals surface area contributed by atoms with Crippen molar-refractivity contribution in [3.8, 4) is 0 Å². The molecule has 1 atom stereocenters. The van der Waals surface area contributed by atoms with Gasteiger partial charge in [0.05, 0.1) is 37.7 Å². The number of rotatable bonds is 4. The van der Waals surface area contributed by atoms with Crippen LogP contribution in [0.25, 0.3) is 0 Å². The number of anilines is 1. The molecule has 2 heterocycles. The Labute approximate surface area is 155 Å². The molecule has 0 saturated carbocycles. The third-order valence-corrected chi connectivity index (χ3v) is 5.45. The van der Waals surface area contributed by atoms with Crippen molar-refractivity contribution < 1.29 is 24.0 Å². The van der Waals surface area contributed by atoms with E-state index >= 15 is 0 Å². The molecule has 0 unspecified atom stereocenters. The van der Waals surface area contributed by atoms with Crippen molar-refractivity contribution in [2.75, 3.05) is 24.6 Å². The third-order valence-electron chi connectivity index (χ3n) is 4.95. The monoisotopic (exact) mass is 409 g/mol. The molecule has 2 saturated heterocycles. The van der Waals surface area contributed by atoms with Gasteiger partial charge >= 0.3 is 5.97 Å². The Balaban J connectivity index is 1.66. The number of amides is 2. The third kappa shape index (κ3) is 3.77. The number of benzene rings is 1. The van der Waals surface area contributed by atoms with Crippen LogP contribution in [-0.4, -0.2) is 43.5 Å². The Morgan fingerprint density at radius 3 is 2.68 bits per heavy atom. The van der Waals surface area contributed by atoms with Gasteiger partial charge < -0.3 is 9.64 Å². The van der Waals surface area contributed by atoms with Gasteiger partial charge in [-0.05, 0) is 25.1 Å². The molecule has 1 N–H and O–H groups in total. The Hall–Kier alpha value is -1.73. The summed E-state index contributed by atoms with van der Waals surface area (Å²) in [7, 11) is 0. The van der Waals surface area contributed by atoms with Crippen molar-refractivity contribution >= 4 is 39.4 Å². The van der Waals surface area contributed by atoms with Gasteiger partial charge in [-0.3, -0.25) is 14.4 Å². The fourth-order valence-electron chi connectivity index (χ4n) is 3.67. The molecular weight excluding hydrogens is 388 g/mol. The molecule has 0 aromatic heterocycles. The standard InChI is InChI=1S/C18H21BrN2O4/c1-2-25-18(24)12-6-8-20(9-7-12)15-11-16(22)21(17(15)23)14-5-3-4-13(19)10-14/h3-5,10,12,15H,2,6-9,11H2,1H3/p+1/t15-/m1/s1. The van der Waals surface area contributed by atoms with E-state index in [2.05, 4.69) is 15.9 Å². The summed E-state index contributed by atoms with van der Waals surface area (Å²) >= 11 is 3.38. The van der Waals surface area contributed by atoms with Gasteiger partial charge in [-0.25, -0.2) is 4.90 Å². The molecule has 1 aromatic carbocycles. The van der Waals surface area contributed by atoms with Crippen LogP contribution in [-0.2, 0) is 19.1 Å². The average Bonchev–Trinajstić information content (AvgIpc) is 2.90. The van der Waals surface area contributed by atoms with Crippen LogP contribution in [0.4, 0.5) is 5.69 Å². The Bertz CT molecular complexity index is 685. The largest absolute Gasteiger partial charge is 0.466 e. The number of esters is 1. The zero-order valence-electron chi connectivity index (χ0n) is 14.2. The number of hydrogen-bond donors (Lipinski definition) is 1. The lowest BCUT2D eigenvalue weighted by molar-refractivity contribution is -0.920. The smallest absolute Gasteiger partial charge is 0.309 e. The van der Waals surface area contributed by atoms with E-state index in [4.69, 9.17) is 4.74 Å². The molecule has 6 nitrogen and oxygen atoms in total. The highest BCUT2D eigenvalue weighted by Gasteiger charge is 2.47. The molecule has 0 radical (unpaired) electrons. The normalized spacial score (nSPS) is 26.8. The molecule has 0 bridgehead atoms. The Morgan fingerprint density at radius 1 is 1.32 bits per heavy atom. The molecule has 0 spiro atoms. The van der Waals surface area contributed by atoms with Gasteiger partial charge in [0.1, 0.15) is 0 Å². The fraction of sp³-hybridized carbons (Fsp3) is 0.500. The van der Waals surface area contributed by atoms with Gasteiger partial charge in [0.2, 0.25) is 5.91 Å². The van der Waals surface area contributed by atoms with Crippen LogP contribution in [0.3, 0.4) is 0 Å². The van der Waals surface area contributed by atoms with Crippen molar-refractivity contribution in [2.24, 2.45) is 5.92 Å². The van der Waals surface area contributed by atoms with E-state index in [9.17, 15) is 14.4 Å². The summed E-state index contributed by atoms with van der Waals surface area (Å²) in [6.45, 7) is 3.61. The summed E-state index contributed by atoms with van der Waals surface area (Å²) < 4.78 is 5.91. The minimum atomic E-state index is -0.352. The van der Waals surface area contributed by atoms with Gasteiger partial charge in [0, 0.05) is 17.3 Å². The van der Waals surface area contributed by atoms with Gasteiger partial charge in [-0.15, -0.1) is 0 Å². The van der Waals surface area contributed by atoms with Gasteiger partial charge in [0.25, 0.3) is 5.91 Å². The minimum Gasteiger partial charge on any atom is -0.466 e. The van der Waals surface area contributed by atoms with Crippen molar-refractivity contribution in [1.29, 1.82) is 0 Å². The van der Waals surface area contributed by atoms with E-state index in [0.717, 1.165) is 9.37 Å². The summed E-state index contributed by atoms with van der Waals surface area (Å²) in [5.41, 5.74) is 0.604. The van der Waals surface area contributed by atoms with Crippen LogP contribution in [0, 0.1) is 5.92 Å². The SMILES string of the molecule is CCOC(=O)C1CC[NH+]([C@@H]2CC(=O)N(c3cccc(Br)c3)C2=O)CC1. The highest BCUT2D eigenvalue weighted by atomic mass is 79.9. The number of likely N-dealkylation sites (tertiary alicyclic amines) is 1. The molecule has 2 aliphatic rings. The lowest BCUT2D eigenvalue weighted by Gasteiger charge is -2.31. The Morgan fingerprint density at radius 2 is 2.04 bits per heavy atom. The molecule has 3 rings (SSSR count). The van der Waals surface area contributed by atoms with E-state index in [-0.39, 0.29) is 36.2 Å². The molecule has 1 aromatic rings. The maximum Gasteiger partial charge on any atom is 0.309 e. The van der Waals surface area contributed by atoms with Crippen molar-refractivity contribution in [3.63, 3.8) is 0 Å². The molecule has 2 amide bonds. The molecule has 134 valence electrons. The minimum absolute atomic E-state index is 0.0860. The highest BCUT2D eigenvalue weighted by Crippen LogP contribution is 2.25. The van der Waals surface area contributed by atoms with Crippen molar-refractivity contribution in [2.45, 2.75) is 32.2 Å². The molecule has 2 fully saturated rings. The number of imide groups is 1. The van der Waals surface area contributed by atoms with E-state index < -0.39 is 0 Å². The first-order chi connectivity index (χ1) is 12.0. The first-order valence-corrected chi connectivity index (χ1v) is 9.44. The number of nitrogens with one attached hydrogen (secondary N) is 1. The summed E-state index contributed by atoms with van der Waals surface area (Å²) in [6, 6.07) is 6.86. The van der Waals surface area contributed by atoms with Gasteiger partial charge in [-0.2, -0.15) is 0 Å². The number of carbonyl (C=O) groups excluding carboxylic acids is 3. The first-order valence-electron chi connectivity index (χ1n) is 8.64. The summed E-state index contributed by atoms with van der Waals surface area (Å²) in [6.07, 6.45) is 1.62. The van der Waals surface area contributed by atoms with Gasteiger partial charge in [-0.1, -0.05) is 22.0 Å². The Kier molecular flexibility index (Phi) is 5.54. The molecule has 0 aliphatic carbocycles. The lowest BCUT2D eigenvalue weighted by atomic mass is 9.95. The second-order valence-electron chi connectivity index (χ2n) is 6.49. The number of piperidine rings is 1. The van der Waals surface area contributed by atoms with Crippen LogP contribution in [0.15, 0.2) is 28.7 Å². The van der Waals surface area contributed by atoms with E-state index in [1.807, 2.05) is 12.1 Å². The summed E-state index contributed by atoms with van der Waals surface area (Å²) in [5.74, 6) is -0.538. The number of quaternary nitrogens is 1. The van der Waals surface area contributed by atoms with E-state index in [1.54, 1.807) is 19.1 Å². The second kappa shape index (κ2) is 7.66. The highest BCUT2D eigenvalue weighted by molar-refractivity contribution is 9.10. The number of nitrogens with zero attached hydrogens (tertiary/aromatic N) is 1. The lowest BCUT2D eigenvalue weighted by Crippen LogP contribution is -3.17. The maximum atomic E-state index is 12.8. The number of hydrogen-bond acceptors (Lipinski definition) is 4. The molecule has 2 aliphatic heterocycles. The molecular formula is C18H22BrN2O4+. The summed E-state index contributed by atoms with van der Waals surface area (Å²) in [5, 5.41) is 0. The van der Waals surface area contributed by atoms with Crippen LogP contribution >= 0.6 is 15.9 Å². The average molecular weight is 410 g/mol. The van der Waals surface area contributed by atoms with Crippen LogP contribution in [0.1, 0.15) is 26.2 Å². The van der Waals surface area contributed by atoms with Crippen LogP contribution in [0.2, 0.25) is 0 Å². The molecule has 7 heteroatoms. The predicted octanol–water partition coefficient (Wildman–Crippen LogP) is 0.939. The van der Waals surface area contributed by atoms with Crippen molar-refractivity contribution in [1.82, 2.24) is 0 Å². The van der Waals surface area contributed by atoms with E-state index in [1.165, 1.54) is 4.90 Å². The van der Waals surface area contributed by atoms with Crippen LogP contribution in [0.5, 0.6) is 0 Å². The topological polar surface area (TPSA) is 68.1 Å². The quantitative estimate of drug-likeness (QED) is 0.593. The first kappa shape index (κ1) is 18.1. The zero-order valence-corrected chi connectivity index (χ0v) is 15.8. The zero-order chi connectivity index (χ0) is 18.0. The van der Waals surface area contributed by atoms with Crippen molar-refractivity contribution in [3.05, 3.63) is 28.7 Å². The number of ether oxygens (including phenoxy) is 1. The van der Waals surface area contributed by atoms with Crippen LogP contribution < -0.4 is 9.80 Å². The summed E-state index contributed by atoms with van der Waals surface area (Å²) in [4.78, 5) is 39.5.